The van der Waals surface area contributed by atoms with Crippen LogP contribution in [0, 0.1) is 5.82 Å². The lowest BCUT2D eigenvalue weighted by molar-refractivity contribution is -0.000937. The molecular weight excluding hydrogens is 441 g/mol. The summed E-state index contributed by atoms with van der Waals surface area (Å²) in [7, 11) is 1.42. The maximum absolute atomic E-state index is 14.6. The number of rotatable bonds is 6. The van der Waals surface area contributed by atoms with Crippen molar-refractivity contribution in [2.45, 2.75) is 18.9 Å². The van der Waals surface area contributed by atoms with E-state index in [9.17, 15) is 27.9 Å². The minimum atomic E-state index is -3.32. The largest absolute Gasteiger partial charge is 0.505 e. The van der Waals surface area contributed by atoms with Gasteiger partial charge in [-0.15, -0.1) is 0 Å². The van der Waals surface area contributed by atoms with Gasteiger partial charge in [-0.25, -0.2) is 13.2 Å². The van der Waals surface area contributed by atoms with Gasteiger partial charge in [0.2, 0.25) is 0 Å². The first kappa shape index (κ1) is 22.6. The molecule has 1 aliphatic rings. The van der Waals surface area contributed by atoms with Gasteiger partial charge in [-0.3, -0.25) is 19.1 Å². The van der Waals surface area contributed by atoms with Gasteiger partial charge in [0.05, 0.1) is 30.9 Å². The van der Waals surface area contributed by atoms with E-state index in [4.69, 9.17) is 4.74 Å². The normalized spacial score (nSPS) is 14.5. The van der Waals surface area contributed by atoms with Crippen LogP contribution >= 0.6 is 0 Å². The second-order valence-corrected chi connectivity index (χ2v) is 7.73. The molecule has 33 heavy (non-hydrogen) atoms. The molecule has 1 aliphatic heterocycles. The third kappa shape index (κ3) is 4.36. The molecule has 3 heterocycles. The number of nitrogens with zero attached hydrogens (tertiary/aromatic N) is 2. The van der Waals surface area contributed by atoms with Crippen molar-refractivity contribution in [1.29, 1.82) is 0 Å². The Bertz CT molecular complexity index is 1280. The fraction of sp³-hybridized carbons (Fsp3) is 0.318. The van der Waals surface area contributed by atoms with Gasteiger partial charge in [0.25, 0.3) is 17.4 Å². The molecule has 0 aliphatic carbocycles. The first-order chi connectivity index (χ1) is 15.7. The van der Waals surface area contributed by atoms with Crippen LogP contribution in [0.15, 0.2) is 35.3 Å². The predicted octanol–water partition coefficient (Wildman–Crippen LogP) is 2.27. The molecule has 0 bridgehead atoms. The summed E-state index contributed by atoms with van der Waals surface area (Å²) in [5.74, 6) is -5.34. The Morgan fingerprint density at radius 3 is 2.76 bits per heavy atom. The van der Waals surface area contributed by atoms with Gasteiger partial charge in [-0.2, -0.15) is 0 Å². The van der Waals surface area contributed by atoms with Crippen molar-refractivity contribution in [2.24, 2.45) is 0 Å². The van der Waals surface area contributed by atoms with Gasteiger partial charge in [0.15, 0.2) is 5.75 Å². The lowest BCUT2D eigenvalue weighted by Crippen LogP contribution is -2.38. The zero-order valence-electron chi connectivity index (χ0n) is 17.6. The highest BCUT2D eigenvalue weighted by Gasteiger charge is 2.36. The van der Waals surface area contributed by atoms with Crippen LogP contribution in [0.3, 0.4) is 0 Å². The average Bonchev–Trinajstić information content (AvgIpc) is 2.91. The number of carbonyl (C=O) groups excluding carboxylic acids is 1. The highest BCUT2D eigenvalue weighted by molar-refractivity contribution is 6.04. The van der Waals surface area contributed by atoms with E-state index in [2.05, 4.69) is 15.6 Å². The van der Waals surface area contributed by atoms with Crippen molar-refractivity contribution in [3.05, 3.63) is 63.3 Å². The highest BCUT2D eigenvalue weighted by Crippen LogP contribution is 2.36. The first-order valence-electron chi connectivity index (χ1n) is 10.1. The standard InChI is InChI=1S/C22H21F3N4O4/c1-33-7-6-26-20(31)15-19(30)17-18-16(28-10-22(24,25)11-29(18)21(15)32)13(9-27-17)8-12-2-4-14(23)5-3-12/h2-5,9,28,30H,6-8,10-11H2,1H3,(H,26,31). The molecule has 1 amide bonds. The smallest absolute Gasteiger partial charge is 0.282 e. The highest BCUT2D eigenvalue weighted by atomic mass is 19.3. The number of benzene rings is 1. The molecule has 0 radical (unpaired) electrons. The molecule has 0 fully saturated rings. The Morgan fingerprint density at radius 1 is 1.33 bits per heavy atom. The lowest BCUT2D eigenvalue weighted by Gasteiger charge is -2.17. The number of aromatic nitrogens is 2. The molecule has 3 N–H and O–H groups in total. The molecule has 1 aromatic carbocycles. The number of methoxy groups -OCH3 is 1. The Kier molecular flexibility index (Phi) is 5.98. The monoisotopic (exact) mass is 462 g/mol. The maximum atomic E-state index is 14.6. The van der Waals surface area contributed by atoms with Crippen LogP contribution in [0.4, 0.5) is 18.9 Å². The van der Waals surface area contributed by atoms with Crippen LogP contribution in [0.5, 0.6) is 5.75 Å². The summed E-state index contributed by atoms with van der Waals surface area (Å²) in [5.41, 5.74) is -0.547. The number of ether oxygens (including phenoxy) is 1. The molecule has 0 saturated heterocycles. The first-order valence-corrected chi connectivity index (χ1v) is 10.1. The number of hydrogen-bond acceptors (Lipinski definition) is 6. The number of hydrogen-bond donors (Lipinski definition) is 3. The fourth-order valence-electron chi connectivity index (χ4n) is 3.80. The van der Waals surface area contributed by atoms with Gasteiger partial charge < -0.3 is 20.5 Å². The zero-order valence-corrected chi connectivity index (χ0v) is 17.6. The van der Waals surface area contributed by atoms with E-state index in [0.29, 0.717) is 11.1 Å². The lowest BCUT2D eigenvalue weighted by atomic mass is 10.0. The molecule has 8 nitrogen and oxygen atoms in total. The van der Waals surface area contributed by atoms with E-state index in [1.54, 1.807) is 12.1 Å². The number of aromatic hydroxyl groups is 1. The number of nitrogens with one attached hydrogen (secondary N) is 2. The average molecular weight is 462 g/mol. The van der Waals surface area contributed by atoms with E-state index < -0.39 is 47.6 Å². The summed E-state index contributed by atoms with van der Waals surface area (Å²) in [6, 6.07) is 5.66. The van der Waals surface area contributed by atoms with Crippen molar-refractivity contribution >= 4 is 22.6 Å². The van der Waals surface area contributed by atoms with Crippen LogP contribution in [-0.2, 0) is 17.7 Å². The molecule has 0 saturated carbocycles. The van der Waals surface area contributed by atoms with Crippen LogP contribution < -0.4 is 16.2 Å². The molecule has 4 rings (SSSR count). The third-order valence-electron chi connectivity index (χ3n) is 5.36. The number of carbonyl (C=O) groups is 1. The van der Waals surface area contributed by atoms with Crippen molar-refractivity contribution in [2.75, 3.05) is 32.1 Å². The molecule has 0 spiro atoms. The van der Waals surface area contributed by atoms with Gasteiger partial charge in [0.1, 0.15) is 16.9 Å². The Hall–Kier alpha value is -3.60. The van der Waals surface area contributed by atoms with E-state index >= 15 is 0 Å². The molecule has 11 heteroatoms. The van der Waals surface area contributed by atoms with E-state index in [1.165, 1.54) is 25.4 Å². The molecule has 0 unspecified atom stereocenters. The van der Waals surface area contributed by atoms with Crippen LogP contribution in [0.25, 0.3) is 11.0 Å². The van der Waals surface area contributed by atoms with E-state index in [-0.39, 0.29) is 36.3 Å². The second-order valence-electron chi connectivity index (χ2n) is 7.73. The van der Waals surface area contributed by atoms with Crippen LogP contribution in [0.1, 0.15) is 21.5 Å². The molecular formula is C22H21F3N4O4. The summed E-state index contributed by atoms with van der Waals surface area (Å²) in [6.07, 6.45) is 1.59. The van der Waals surface area contributed by atoms with Gasteiger partial charge in [0, 0.05) is 31.8 Å². The van der Waals surface area contributed by atoms with Crippen molar-refractivity contribution < 1.29 is 27.8 Å². The Balaban J connectivity index is 1.90. The number of anilines is 1. The summed E-state index contributed by atoms with van der Waals surface area (Å²) in [6.45, 7) is -1.55. The van der Waals surface area contributed by atoms with E-state index in [1.807, 2.05) is 0 Å². The number of pyridine rings is 2. The van der Waals surface area contributed by atoms with Crippen LogP contribution in [-0.4, -0.2) is 53.3 Å². The summed E-state index contributed by atoms with van der Waals surface area (Å²) >= 11 is 0. The minimum Gasteiger partial charge on any atom is -0.505 e. The SMILES string of the molecule is COCCNC(=O)c1c(O)c2ncc(Cc3ccc(F)cc3)c3c2n(c1=O)CC(F)(F)CN3. The molecule has 0 atom stereocenters. The van der Waals surface area contributed by atoms with Crippen molar-refractivity contribution in [3.63, 3.8) is 0 Å². The maximum Gasteiger partial charge on any atom is 0.282 e. The third-order valence-corrected chi connectivity index (χ3v) is 5.36. The quantitative estimate of drug-likeness (QED) is 0.486. The van der Waals surface area contributed by atoms with Crippen LogP contribution in [0.2, 0.25) is 0 Å². The van der Waals surface area contributed by atoms with Gasteiger partial charge >= 0.3 is 0 Å². The number of amides is 1. The number of halogens is 3. The van der Waals surface area contributed by atoms with Crippen molar-refractivity contribution in [3.8, 4) is 5.75 Å². The Morgan fingerprint density at radius 2 is 2.06 bits per heavy atom. The van der Waals surface area contributed by atoms with Gasteiger partial charge in [-0.1, -0.05) is 12.1 Å². The molecule has 2 aromatic heterocycles. The van der Waals surface area contributed by atoms with Crippen molar-refractivity contribution in [1.82, 2.24) is 14.9 Å². The summed E-state index contributed by atoms with van der Waals surface area (Å²) in [4.78, 5) is 29.9. The predicted molar refractivity (Wildman–Crippen MR) is 115 cm³/mol. The summed E-state index contributed by atoms with van der Waals surface area (Å²) < 4.78 is 48.0. The number of alkyl halides is 2. The van der Waals surface area contributed by atoms with Gasteiger partial charge in [-0.05, 0) is 17.7 Å². The fourth-order valence-corrected chi connectivity index (χ4v) is 3.80. The summed E-state index contributed by atoms with van der Waals surface area (Å²) in [5, 5.41) is 15.8. The second kappa shape index (κ2) is 8.74. The van der Waals surface area contributed by atoms with E-state index in [0.717, 1.165) is 4.57 Å². The zero-order chi connectivity index (χ0) is 23.8. The topological polar surface area (TPSA) is 105 Å². The minimum absolute atomic E-state index is 0.0253. The molecule has 3 aromatic rings. The Labute approximate surface area is 186 Å². The molecule has 174 valence electrons.